The van der Waals surface area contributed by atoms with Gasteiger partial charge >= 0.3 is 0 Å². The van der Waals surface area contributed by atoms with Gasteiger partial charge in [-0.1, -0.05) is 25.1 Å². The molecule has 1 N–H and O–H groups in total. The Morgan fingerprint density at radius 1 is 1.26 bits per heavy atom. The molecule has 0 aliphatic rings. The van der Waals surface area contributed by atoms with Crippen LogP contribution in [0.25, 0.3) is 10.9 Å². The Labute approximate surface area is 115 Å². The molecular weight excluding hydrogens is 236 g/mol. The highest BCUT2D eigenvalue weighted by Crippen LogP contribution is 2.19. The summed E-state index contributed by atoms with van der Waals surface area (Å²) in [6.45, 7) is 7.81. The first kappa shape index (κ1) is 14.0. The number of fused-ring (bicyclic) bond motifs is 1. The molecule has 0 bridgehead atoms. The highest BCUT2D eigenvalue weighted by molar-refractivity contribution is 5.78. The smallest absolute Gasteiger partial charge is 0.0702 e. The lowest BCUT2D eigenvalue weighted by Crippen LogP contribution is -2.26. The van der Waals surface area contributed by atoms with Gasteiger partial charge in [0.25, 0.3) is 0 Å². The molecule has 1 unspecified atom stereocenters. The van der Waals surface area contributed by atoms with Crippen LogP contribution in [0.1, 0.15) is 32.4 Å². The van der Waals surface area contributed by atoms with Crippen molar-refractivity contribution in [3.8, 4) is 0 Å². The monoisotopic (exact) mass is 258 g/mol. The van der Waals surface area contributed by atoms with E-state index in [1.54, 1.807) is 0 Å². The molecule has 0 saturated heterocycles. The van der Waals surface area contributed by atoms with Crippen molar-refractivity contribution in [3.05, 3.63) is 42.1 Å². The van der Waals surface area contributed by atoms with Crippen molar-refractivity contribution in [3.63, 3.8) is 0 Å². The molecule has 3 heteroatoms. The van der Waals surface area contributed by atoms with Crippen molar-refractivity contribution >= 4 is 10.9 Å². The maximum absolute atomic E-state index is 5.73. The van der Waals surface area contributed by atoms with Gasteiger partial charge in [0.2, 0.25) is 0 Å². The predicted molar refractivity (Wildman–Crippen MR) is 79.2 cm³/mol. The van der Waals surface area contributed by atoms with Gasteiger partial charge in [0, 0.05) is 11.6 Å². The fraction of sp³-hybridized carbons (Fsp3) is 0.438. The normalized spacial score (nSPS) is 13.1. The molecule has 0 spiro atoms. The molecule has 0 saturated carbocycles. The minimum Gasteiger partial charge on any atom is -0.377 e. The second-order valence-corrected chi connectivity index (χ2v) is 4.95. The molecule has 102 valence electrons. The van der Waals surface area contributed by atoms with E-state index in [4.69, 9.17) is 4.74 Å². The van der Waals surface area contributed by atoms with Crippen molar-refractivity contribution in [1.82, 2.24) is 10.3 Å². The van der Waals surface area contributed by atoms with Gasteiger partial charge in [-0.2, -0.15) is 0 Å². The van der Waals surface area contributed by atoms with E-state index in [1.807, 2.05) is 24.4 Å². The Bertz CT molecular complexity index is 525. The van der Waals surface area contributed by atoms with E-state index in [9.17, 15) is 0 Å². The summed E-state index contributed by atoms with van der Waals surface area (Å²) in [5.74, 6) is 0. The van der Waals surface area contributed by atoms with Gasteiger partial charge in [-0.25, -0.2) is 0 Å². The number of nitrogens with one attached hydrogen (secondary N) is 1. The van der Waals surface area contributed by atoms with Gasteiger partial charge in [-0.05, 0) is 38.1 Å². The molecule has 2 rings (SSSR count). The molecular formula is C16H22N2O. The molecule has 3 nitrogen and oxygen atoms in total. The summed E-state index contributed by atoms with van der Waals surface area (Å²) >= 11 is 0. The van der Waals surface area contributed by atoms with Crippen LogP contribution in [-0.4, -0.2) is 24.2 Å². The zero-order valence-corrected chi connectivity index (χ0v) is 11.9. The zero-order chi connectivity index (χ0) is 13.7. The van der Waals surface area contributed by atoms with Crippen molar-refractivity contribution in [1.29, 1.82) is 0 Å². The van der Waals surface area contributed by atoms with Crippen LogP contribution in [0.3, 0.4) is 0 Å². The summed E-state index contributed by atoms with van der Waals surface area (Å²) in [7, 11) is 0. The summed E-state index contributed by atoms with van der Waals surface area (Å²) in [5, 5.41) is 4.63. The first-order valence-electron chi connectivity index (χ1n) is 6.90. The van der Waals surface area contributed by atoms with Crippen LogP contribution in [0.15, 0.2) is 36.5 Å². The zero-order valence-electron chi connectivity index (χ0n) is 11.9. The molecule has 1 aromatic carbocycles. The molecule has 0 aliphatic carbocycles. The van der Waals surface area contributed by atoms with E-state index >= 15 is 0 Å². The third kappa shape index (κ3) is 3.75. The van der Waals surface area contributed by atoms with E-state index in [0.717, 1.165) is 12.1 Å². The number of ether oxygens (including phenoxy) is 1. The quantitative estimate of drug-likeness (QED) is 0.863. The van der Waals surface area contributed by atoms with Gasteiger partial charge in [-0.3, -0.25) is 4.98 Å². The van der Waals surface area contributed by atoms with Crippen molar-refractivity contribution in [2.45, 2.75) is 32.9 Å². The summed E-state index contributed by atoms with van der Waals surface area (Å²) in [6, 6.07) is 10.6. The Morgan fingerprint density at radius 3 is 2.79 bits per heavy atom. The number of hydrogen-bond acceptors (Lipinski definition) is 3. The number of rotatable bonds is 6. The summed E-state index contributed by atoms with van der Waals surface area (Å²) in [6.07, 6.45) is 2.19. The fourth-order valence-corrected chi connectivity index (χ4v) is 2.09. The average molecular weight is 258 g/mol. The highest BCUT2D eigenvalue weighted by Gasteiger charge is 2.12. The number of benzene rings is 1. The fourth-order valence-electron chi connectivity index (χ4n) is 2.09. The Kier molecular flexibility index (Phi) is 4.88. The second-order valence-electron chi connectivity index (χ2n) is 4.95. The largest absolute Gasteiger partial charge is 0.377 e. The Hall–Kier alpha value is -1.45. The first-order valence-corrected chi connectivity index (χ1v) is 6.90. The van der Waals surface area contributed by atoms with Gasteiger partial charge in [0.05, 0.1) is 24.3 Å². The minimum absolute atomic E-state index is 0.199. The van der Waals surface area contributed by atoms with Crippen LogP contribution in [0.4, 0.5) is 0 Å². The molecule has 1 atom stereocenters. The highest BCUT2D eigenvalue weighted by atomic mass is 16.5. The number of pyridine rings is 1. The number of nitrogens with zero attached hydrogens (tertiary/aromatic N) is 1. The van der Waals surface area contributed by atoms with Crippen molar-refractivity contribution < 1.29 is 4.74 Å². The van der Waals surface area contributed by atoms with E-state index < -0.39 is 0 Å². The maximum Gasteiger partial charge on any atom is 0.0702 e. The number of aromatic nitrogens is 1. The summed E-state index contributed by atoms with van der Waals surface area (Å²) in [4.78, 5) is 4.52. The van der Waals surface area contributed by atoms with E-state index in [0.29, 0.717) is 6.61 Å². The lowest BCUT2D eigenvalue weighted by molar-refractivity contribution is 0.0614. The van der Waals surface area contributed by atoms with Crippen LogP contribution in [0.5, 0.6) is 0 Å². The molecule has 1 heterocycles. The summed E-state index contributed by atoms with van der Waals surface area (Å²) in [5.41, 5.74) is 2.22. The van der Waals surface area contributed by atoms with Crippen LogP contribution in [0, 0.1) is 0 Å². The molecule has 0 amide bonds. The standard InChI is InChI=1S/C16H22N2O/c1-4-17-16(11-19-12(2)3)14-9-13-7-5-6-8-15(13)18-10-14/h5-10,12,16-17H,4,11H2,1-3H3. The van der Waals surface area contributed by atoms with Crippen molar-refractivity contribution in [2.75, 3.05) is 13.2 Å². The van der Waals surface area contributed by atoms with Gasteiger partial charge in [0.15, 0.2) is 0 Å². The molecule has 0 aliphatic heterocycles. The number of hydrogen-bond donors (Lipinski definition) is 1. The molecule has 0 fully saturated rings. The molecule has 1 aromatic heterocycles. The number of para-hydroxylation sites is 1. The second kappa shape index (κ2) is 6.64. The van der Waals surface area contributed by atoms with Crippen LogP contribution in [-0.2, 0) is 4.74 Å². The SMILES string of the molecule is CCNC(COC(C)C)c1cnc2ccccc2c1. The van der Waals surface area contributed by atoms with Crippen LogP contribution < -0.4 is 5.32 Å². The van der Waals surface area contributed by atoms with Gasteiger partial charge in [0.1, 0.15) is 0 Å². The van der Waals surface area contributed by atoms with Crippen molar-refractivity contribution in [2.24, 2.45) is 0 Å². The minimum atomic E-state index is 0.199. The third-order valence-electron chi connectivity index (χ3n) is 3.06. The molecule has 0 radical (unpaired) electrons. The van der Waals surface area contributed by atoms with Crippen LogP contribution >= 0.6 is 0 Å². The lowest BCUT2D eigenvalue weighted by Gasteiger charge is -2.20. The van der Waals surface area contributed by atoms with E-state index in [1.165, 1.54) is 10.9 Å². The van der Waals surface area contributed by atoms with Crippen LogP contribution in [0.2, 0.25) is 0 Å². The summed E-state index contributed by atoms with van der Waals surface area (Å²) < 4.78 is 5.73. The Morgan fingerprint density at radius 2 is 2.05 bits per heavy atom. The Balaban J connectivity index is 2.22. The first-order chi connectivity index (χ1) is 9.20. The van der Waals surface area contributed by atoms with Gasteiger partial charge < -0.3 is 10.1 Å². The number of likely N-dealkylation sites (N-methyl/N-ethyl adjacent to an activating group) is 1. The average Bonchev–Trinajstić information content (AvgIpc) is 2.42. The van der Waals surface area contributed by atoms with Gasteiger partial charge in [-0.15, -0.1) is 0 Å². The van der Waals surface area contributed by atoms with E-state index in [2.05, 4.69) is 43.2 Å². The molecule has 2 aromatic rings. The van der Waals surface area contributed by atoms with E-state index in [-0.39, 0.29) is 12.1 Å². The third-order valence-corrected chi connectivity index (χ3v) is 3.06. The molecule has 19 heavy (non-hydrogen) atoms. The lowest BCUT2D eigenvalue weighted by atomic mass is 10.1. The predicted octanol–water partition coefficient (Wildman–Crippen LogP) is 3.31. The maximum atomic E-state index is 5.73. The topological polar surface area (TPSA) is 34.1 Å².